The minimum atomic E-state index is -1.00. The fraction of sp³-hybridized carbons (Fsp3) is 0.545. The second-order valence-electron chi connectivity index (χ2n) is 3.87. The van der Waals surface area contributed by atoms with Crippen molar-refractivity contribution in [3.05, 3.63) is 23.7 Å². The zero-order chi connectivity index (χ0) is 10.8. The van der Waals surface area contributed by atoms with Crippen molar-refractivity contribution in [2.24, 2.45) is 0 Å². The minimum absolute atomic E-state index is 0.0249. The van der Waals surface area contributed by atoms with Crippen molar-refractivity contribution in [1.82, 2.24) is 4.90 Å². The molecule has 1 aromatic rings. The third-order valence-electron chi connectivity index (χ3n) is 2.70. The van der Waals surface area contributed by atoms with Crippen molar-refractivity contribution in [3.8, 4) is 0 Å². The van der Waals surface area contributed by atoms with Gasteiger partial charge in [-0.15, -0.1) is 0 Å². The molecular weight excluding hydrogens is 194 g/mol. The summed E-state index contributed by atoms with van der Waals surface area (Å²) in [5.74, 6) is -0.242. The average molecular weight is 209 g/mol. The topological polar surface area (TPSA) is 53.7 Å². The van der Waals surface area contributed by atoms with Gasteiger partial charge in [-0.1, -0.05) is 6.92 Å². The Morgan fingerprint density at radius 1 is 1.60 bits per heavy atom. The molecule has 82 valence electrons. The number of hydrogen-bond acceptors (Lipinski definition) is 3. The molecule has 1 aliphatic rings. The van der Waals surface area contributed by atoms with Crippen molar-refractivity contribution >= 4 is 5.97 Å². The highest BCUT2D eigenvalue weighted by Gasteiger charge is 2.28. The quantitative estimate of drug-likeness (QED) is 0.805. The van der Waals surface area contributed by atoms with Gasteiger partial charge in [0.2, 0.25) is 5.76 Å². The van der Waals surface area contributed by atoms with Gasteiger partial charge in [0.25, 0.3) is 0 Å². The van der Waals surface area contributed by atoms with Crippen LogP contribution in [0.25, 0.3) is 0 Å². The Morgan fingerprint density at radius 3 is 2.80 bits per heavy atom. The van der Waals surface area contributed by atoms with Crippen LogP contribution in [0.4, 0.5) is 0 Å². The van der Waals surface area contributed by atoms with Crippen LogP contribution in [0.2, 0.25) is 0 Å². The van der Waals surface area contributed by atoms with Crippen LogP contribution < -0.4 is 0 Å². The molecule has 1 fully saturated rings. The summed E-state index contributed by atoms with van der Waals surface area (Å²) < 4.78 is 5.21. The Balaban J connectivity index is 1.99. The van der Waals surface area contributed by atoms with E-state index < -0.39 is 5.97 Å². The SMILES string of the molecule is CCN(Cc1ccc(C(=O)O)o1)C1CC1. The molecule has 0 radical (unpaired) electrons. The van der Waals surface area contributed by atoms with E-state index in [1.807, 2.05) is 0 Å². The van der Waals surface area contributed by atoms with Crippen molar-refractivity contribution < 1.29 is 14.3 Å². The lowest BCUT2D eigenvalue weighted by Gasteiger charge is -2.17. The highest BCUT2D eigenvalue weighted by molar-refractivity contribution is 5.84. The summed E-state index contributed by atoms with van der Waals surface area (Å²) in [5.41, 5.74) is 0. The predicted octanol–water partition coefficient (Wildman–Crippen LogP) is 1.96. The number of aromatic carboxylic acids is 1. The number of carbonyl (C=O) groups is 1. The summed E-state index contributed by atoms with van der Waals surface area (Å²) in [4.78, 5) is 12.9. The van der Waals surface area contributed by atoms with Crippen LogP contribution in [0.3, 0.4) is 0 Å². The first-order valence-corrected chi connectivity index (χ1v) is 5.26. The van der Waals surface area contributed by atoms with Gasteiger partial charge in [-0.05, 0) is 31.5 Å². The van der Waals surface area contributed by atoms with Crippen LogP contribution in [0.15, 0.2) is 16.5 Å². The third-order valence-corrected chi connectivity index (χ3v) is 2.70. The van der Waals surface area contributed by atoms with Crippen LogP contribution in [0.1, 0.15) is 36.1 Å². The monoisotopic (exact) mass is 209 g/mol. The summed E-state index contributed by atoms with van der Waals surface area (Å²) in [5, 5.41) is 8.70. The molecule has 0 aliphatic heterocycles. The zero-order valence-electron chi connectivity index (χ0n) is 8.77. The Kier molecular flexibility index (Phi) is 2.77. The first-order valence-electron chi connectivity index (χ1n) is 5.26. The van der Waals surface area contributed by atoms with Gasteiger partial charge in [0, 0.05) is 6.04 Å². The lowest BCUT2D eigenvalue weighted by atomic mass is 10.3. The third kappa shape index (κ3) is 2.39. The molecule has 0 bridgehead atoms. The smallest absolute Gasteiger partial charge is 0.371 e. The zero-order valence-corrected chi connectivity index (χ0v) is 8.77. The number of carboxylic acids is 1. The summed E-state index contributed by atoms with van der Waals surface area (Å²) >= 11 is 0. The van der Waals surface area contributed by atoms with Gasteiger partial charge in [-0.25, -0.2) is 4.79 Å². The predicted molar refractivity (Wildman–Crippen MR) is 54.8 cm³/mol. The number of rotatable bonds is 5. The van der Waals surface area contributed by atoms with Crippen molar-refractivity contribution in [2.45, 2.75) is 32.4 Å². The summed E-state index contributed by atoms with van der Waals surface area (Å²) in [6.45, 7) is 3.81. The van der Waals surface area contributed by atoms with E-state index in [1.54, 1.807) is 6.07 Å². The maximum Gasteiger partial charge on any atom is 0.371 e. The molecule has 0 amide bonds. The van der Waals surface area contributed by atoms with Crippen LogP contribution in [-0.2, 0) is 6.54 Å². The van der Waals surface area contributed by atoms with E-state index in [-0.39, 0.29) is 5.76 Å². The second kappa shape index (κ2) is 4.06. The van der Waals surface area contributed by atoms with Gasteiger partial charge >= 0.3 is 5.97 Å². The molecule has 1 aliphatic carbocycles. The molecule has 4 heteroatoms. The first kappa shape index (κ1) is 10.2. The van der Waals surface area contributed by atoms with Crippen molar-refractivity contribution in [1.29, 1.82) is 0 Å². The number of furan rings is 1. The van der Waals surface area contributed by atoms with Crippen molar-refractivity contribution in [2.75, 3.05) is 6.54 Å². The minimum Gasteiger partial charge on any atom is -0.475 e. The molecule has 1 N–H and O–H groups in total. The van der Waals surface area contributed by atoms with Crippen LogP contribution >= 0.6 is 0 Å². The van der Waals surface area contributed by atoms with Crippen molar-refractivity contribution in [3.63, 3.8) is 0 Å². The van der Waals surface area contributed by atoms with Gasteiger partial charge < -0.3 is 9.52 Å². The molecule has 15 heavy (non-hydrogen) atoms. The van der Waals surface area contributed by atoms with E-state index in [2.05, 4.69) is 11.8 Å². The van der Waals surface area contributed by atoms with Gasteiger partial charge in [0.05, 0.1) is 6.54 Å². The maximum atomic E-state index is 10.6. The molecule has 1 heterocycles. The lowest BCUT2D eigenvalue weighted by Crippen LogP contribution is -2.24. The molecule has 2 rings (SSSR count). The molecule has 1 aromatic heterocycles. The molecule has 0 aromatic carbocycles. The largest absolute Gasteiger partial charge is 0.475 e. The molecule has 0 atom stereocenters. The maximum absolute atomic E-state index is 10.6. The Hall–Kier alpha value is -1.29. The Morgan fingerprint density at radius 2 is 2.33 bits per heavy atom. The van der Waals surface area contributed by atoms with Gasteiger partial charge in [-0.2, -0.15) is 0 Å². The van der Waals surface area contributed by atoms with Crippen LogP contribution in [0.5, 0.6) is 0 Å². The van der Waals surface area contributed by atoms with E-state index in [4.69, 9.17) is 9.52 Å². The standard InChI is InChI=1S/C11H15NO3/c1-2-12(8-3-4-8)7-9-5-6-10(15-9)11(13)14/h5-6,8H,2-4,7H2,1H3,(H,13,14). The van der Waals surface area contributed by atoms with E-state index in [0.29, 0.717) is 12.6 Å². The lowest BCUT2D eigenvalue weighted by molar-refractivity contribution is 0.0658. The number of carboxylic acid groups (broad SMARTS) is 1. The number of nitrogens with zero attached hydrogens (tertiary/aromatic N) is 1. The Labute approximate surface area is 88.5 Å². The molecule has 0 saturated heterocycles. The van der Waals surface area contributed by atoms with Crippen LogP contribution in [-0.4, -0.2) is 28.6 Å². The fourth-order valence-electron chi connectivity index (χ4n) is 1.72. The first-order chi connectivity index (χ1) is 7.20. The van der Waals surface area contributed by atoms with E-state index >= 15 is 0 Å². The van der Waals surface area contributed by atoms with Crippen LogP contribution in [0, 0.1) is 0 Å². The van der Waals surface area contributed by atoms with E-state index in [0.717, 1.165) is 12.3 Å². The fourth-order valence-corrected chi connectivity index (χ4v) is 1.72. The highest BCUT2D eigenvalue weighted by Crippen LogP contribution is 2.28. The normalized spacial score (nSPS) is 15.9. The average Bonchev–Trinajstić information content (AvgIpc) is 2.94. The van der Waals surface area contributed by atoms with E-state index in [9.17, 15) is 4.79 Å². The summed E-state index contributed by atoms with van der Waals surface area (Å²) in [6, 6.07) is 3.93. The summed E-state index contributed by atoms with van der Waals surface area (Å²) in [7, 11) is 0. The molecule has 0 unspecified atom stereocenters. The highest BCUT2D eigenvalue weighted by atomic mass is 16.4. The van der Waals surface area contributed by atoms with Gasteiger partial charge in [0.1, 0.15) is 5.76 Å². The molecule has 0 spiro atoms. The number of hydrogen-bond donors (Lipinski definition) is 1. The van der Waals surface area contributed by atoms with Gasteiger partial charge in [0.15, 0.2) is 0 Å². The van der Waals surface area contributed by atoms with E-state index in [1.165, 1.54) is 18.9 Å². The molecular formula is C11H15NO3. The molecule has 4 nitrogen and oxygen atoms in total. The summed E-state index contributed by atoms with van der Waals surface area (Å²) in [6.07, 6.45) is 2.50. The Bertz CT molecular complexity index is 354. The second-order valence-corrected chi connectivity index (χ2v) is 3.87. The van der Waals surface area contributed by atoms with Gasteiger partial charge in [-0.3, -0.25) is 4.90 Å². The molecule has 1 saturated carbocycles.